The molecule has 1 heterocycles. The molecule has 1 aromatic heterocycles. The summed E-state index contributed by atoms with van der Waals surface area (Å²) in [6.07, 6.45) is 1.61. The highest BCUT2D eigenvalue weighted by Gasteiger charge is 2.30. The molecule has 1 amide bonds. The summed E-state index contributed by atoms with van der Waals surface area (Å²) < 4.78 is 47.1. The molecule has 0 fully saturated rings. The highest BCUT2D eigenvalue weighted by molar-refractivity contribution is 7.91. The lowest BCUT2D eigenvalue weighted by atomic mass is 10.2. The zero-order valence-electron chi connectivity index (χ0n) is 17.5. The van der Waals surface area contributed by atoms with Crippen LogP contribution in [-0.2, 0) is 16.4 Å². The lowest BCUT2D eigenvalue weighted by Gasteiger charge is -2.13. The number of benzene rings is 2. The highest BCUT2D eigenvalue weighted by Crippen LogP contribution is 2.36. The SMILES string of the molecule is C=CCn1c(C)c(C)c(S(=O)(=O)c2ccc(OC)cc2)c1NC(=O)c1ccc(F)cc1. The first-order chi connectivity index (χ1) is 14.7. The number of halogens is 1. The standard InChI is InChI=1S/C23H23FN2O4S/c1-5-14-26-16(3)15(2)21(31(28,29)20-12-10-19(30-4)11-13-20)22(26)25-23(27)17-6-8-18(24)9-7-17/h5-13H,1,14H2,2-4H3,(H,25,27). The van der Waals surface area contributed by atoms with Crippen LogP contribution in [0.4, 0.5) is 10.2 Å². The summed E-state index contributed by atoms with van der Waals surface area (Å²) in [6.45, 7) is 7.49. The van der Waals surface area contributed by atoms with Crippen molar-refractivity contribution >= 4 is 21.6 Å². The fourth-order valence-electron chi connectivity index (χ4n) is 3.30. The van der Waals surface area contributed by atoms with Gasteiger partial charge in [-0.2, -0.15) is 0 Å². The Morgan fingerprint density at radius 1 is 1.13 bits per heavy atom. The summed E-state index contributed by atoms with van der Waals surface area (Å²) in [5.74, 6) is -0.351. The molecule has 0 saturated carbocycles. The first-order valence-corrected chi connectivity index (χ1v) is 11.0. The molecule has 31 heavy (non-hydrogen) atoms. The van der Waals surface area contributed by atoms with Gasteiger partial charge >= 0.3 is 0 Å². The van der Waals surface area contributed by atoms with Crippen molar-refractivity contribution in [2.24, 2.45) is 0 Å². The van der Waals surface area contributed by atoms with E-state index in [4.69, 9.17) is 4.74 Å². The second-order valence-corrected chi connectivity index (χ2v) is 8.81. The number of carbonyl (C=O) groups is 1. The minimum absolute atomic E-state index is 0.00692. The van der Waals surface area contributed by atoms with E-state index in [1.165, 1.54) is 43.5 Å². The van der Waals surface area contributed by atoms with Crippen LogP contribution in [-0.4, -0.2) is 26.0 Å². The minimum atomic E-state index is -3.97. The topological polar surface area (TPSA) is 77.4 Å². The third-order valence-corrected chi connectivity index (χ3v) is 6.99. The number of rotatable bonds is 7. The van der Waals surface area contributed by atoms with E-state index in [2.05, 4.69) is 11.9 Å². The van der Waals surface area contributed by atoms with Gasteiger partial charge in [0.2, 0.25) is 9.84 Å². The van der Waals surface area contributed by atoms with E-state index in [9.17, 15) is 17.6 Å². The second kappa shape index (κ2) is 8.77. The van der Waals surface area contributed by atoms with Crippen molar-refractivity contribution in [3.05, 3.63) is 83.8 Å². The van der Waals surface area contributed by atoms with Gasteiger partial charge in [-0.25, -0.2) is 12.8 Å². The number of hydrogen-bond donors (Lipinski definition) is 1. The molecule has 0 atom stereocenters. The Hall–Kier alpha value is -3.39. The number of sulfone groups is 1. The van der Waals surface area contributed by atoms with Crippen molar-refractivity contribution in [2.75, 3.05) is 12.4 Å². The van der Waals surface area contributed by atoms with Crippen LogP contribution in [0.5, 0.6) is 5.75 Å². The molecule has 0 bridgehead atoms. The van der Waals surface area contributed by atoms with E-state index < -0.39 is 21.6 Å². The van der Waals surface area contributed by atoms with Gasteiger partial charge in [0, 0.05) is 17.8 Å². The van der Waals surface area contributed by atoms with Crippen LogP contribution in [0.2, 0.25) is 0 Å². The number of amides is 1. The van der Waals surface area contributed by atoms with Crippen LogP contribution >= 0.6 is 0 Å². The van der Waals surface area contributed by atoms with Gasteiger partial charge in [0.05, 0.1) is 12.0 Å². The zero-order valence-corrected chi connectivity index (χ0v) is 18.3. The van der Waals surface area contributed by atoms with Crippen molar-refractivity contribution in [1.29, 1.82) is 0 Å². The summed E-state index contributed by atoms with van der Waals surface area (Å²) in [7, 11) is -2.47. The molecule has 3 aromatic rings. The summed E-state index contributed by atoms with van der Waals surface area (Å²) in [6, 6.07) is 11.1. The maximum Gasteiger partial charge on any atom is 0.256 e. The van der Waals surface area contributed by atoms with Crippen molar-refractivity contribution in [3.63, 3.8) is 0 Å². The van der Waals surface area contributed by atoms with E-state index in [0.717, 1.165) is 0 Å². The normalized spacial score (nSPS) is 11.2. The van der Waals surface area contributed by atoms with E-state index in [1.54, 1.807) is 36.6 Å². The number of hydrogen-bond acceptors (Lipinski definition) is 4. The van der Waals surface area contributed by atoms with E-state index in [1.807, 2.05) is 0 Å². The van der Waals surface area contributed by atoms with Crippen LogP contribution in [0.3, 0.4) is 0 Å². The lowest BCUT2D eigenvalue weighted by Crippen LogP contribution is -2.18. The number of ether oxygens (including phenoxy) is 1. The molecule has 8 heteroatoms. The maximum absolute atomic E-state index is 13.5. The third kappa shape index (κ3) is 4.25. The summed E-state index contributed by atoms with van der Waals surface area (Å²) >= 11 is 0. The van der Waals surface area contributed by atoms with Gasteiger partial charge in [-0.3, -0.25) is 4.79 Å². The summed E-state index contributed by atoms with van der Waals surface area (Å²) in [4.78, 5) is 12.9. The number of methoxy groups -OCH3 is 1. The molecule has 2 aromatic carbocycles. The van der Waals surface area contributed by atoms with Crippen molar-refractivity contribution in [1.82, 2.24) is 4.57 Å². The Morgan fingerprint density at radius 2 is 1.74 bits per heavy atom. The first kappa shape index (κ1) is 22.3. The Balaban J connectivity index is 2.15. The molecule has 1 N–H and O–H groups in total. The molecular formula is C23H23FN2O4S. The summed E-state index contributed by atoms with van der Waals surface area (Å²) in [5, 5.41) is 2.71. The maximum atomic E-state index is 13.5. The van der Waals surface area contributed by atoms with E-state index >= 15 is 0 Å². The Bertz CT molecular complexity index is 1230. The Kier molecular flexibility index (Phi) is 6.31. The van der Waals surface area contributed by atoms with Crippen molar-refractivity contribution in [3.8, 4) is 5.75 Å². The van der Waals surface area contributed by atoms with Crippen LogP contribution in [0, 0.1) is 19.7 Å². The van der Waals surface area contributed by atoms with Gasteiger partial charge in [0.15, 0.2) is 0 Å². The molecule has 3 rings (SSSR count). The predicted octanol–water partition coefficient (Wildman–Crippen LogP) is 4.52. The second-order valence-electron chi connectivity index (χ2n) is 6.93. The van der Waals surface area contributed by atoms with Crippen molar-refractivity contribution < 1.29 is 22.3 Å². The zero-order chi connectivity index (χ0) is 22.8. The molecule has 162 valence electrons. The highest BCUT2D eigenvalue weighted by atomic mass is 32.2. The molecule has 0 spiro atoms. The molecular weight excluding hydrogens is 419 g/mol. The average molecular weight is 443 g/mol. The number of aromatic nitrogens is 1. The van der Waals surface area contributed by atoms with Crippen molar-refractivity contribution in [2.45, 2.75) is 30.2 Å². The van der Waals surface area contributed by atoms with Crippen LogP contribution in [0.15, 0.2) is 71.0 Å². The van der Waals surface area contributed by atoms with Gasteiger partial charge in [-0.05, 0) is 67.9 Å². The van der Waals surface area contributed by atoms with Crippen LogP contribution in [0.25, 0.3) is 0 Å². The van der Waals surface area contributed by atoms with Gasteiger partial charge in [0.1, 0.15) is 22.3 Å². The quantitative estimate of drug-likeness (QED) is 0.546. The molecule has 0 aliphatic carbocycles. The average Bonchev–Trinajstić information content (AvgIpc) is 2.99. The minimum Gasteiger partial charge on any atom is -0.497 e. The van der Waals surface area contributed by atoms with Gasteiger partial charge in [-0.1, -0.05) is 6.08 Å². The number of allylic oxidation sites excluding steroid dienone is 1. The largest absolute Gasteiger partial charge is 0.497 e. The molecule has 0 unspecified atom stereocenters. The van der Waals surface area contributed by atoms with Gasteiger partial charge in [-0.15, -0.1) is 6.58 Å². The number of nitrogens with zero attached hydrogens (tertiary/aromatic N) is 1. The molecule has 0 aliphatic heterocycles. The van der Waals surface area contributed by atoms with Crippen LogP contribution < -0.4 is 10.1 Å². The molecule has 0 radical (unpaired) electrons. The first-order valence-electron chi connectivity index (χ1n) is 9.47. The number of carbonyl (C=O) groups excluding carboxylic acids is 1. The van der Waals surface area contributed by atoms with Crippen LogP contribution in [0.1, 0.15) is 21.6 Å². The fraction of sp³-hybridized carbons (Fsp3) is 0.174. The fourth-order valence-corrected chi connectivity index (χ4v) is 5.00. The Morgan fingerprint density at radius 3 is 2.29 bits per heavy atom. The summed E-state index contributed by atoms with van der Waals surface area (Å²) in [5.41, 5.74) is 1.41. The van der Waals surface area contributed by atoms with E-state index in [-0.39, 0.29) is 21.2 Å². The van der Waals surface area contributed by atoms with Gasteiger partial charge in [0.25, 0.3) is 5.91 Å². The van der Waals surface area contributed by atoms with Gasteiger partial charge < -0.3 is 14.6 Å². The number of nitrogens with one attached hydrogen (secondary N) is 1. The van der Waals surface area contributed by atoms with E-state index in [0.29, 0.717) is 23.6 Å². The molecule has 0 saturated heterocycles. The Labute approximate surface area is 180 Å². The molecule has 6 nitrogen and oxygen atoms in total. The monoisotopic (exact) mass is 442 g/mol. The lowest BCUT2D eigenvalue weighted by molar-refractivity contribution is 0.102. The predicted molar refractivity (Wildman–Crippen MR) is 117 cm³/mol. The third-order valence-electron chi connectivity index (χ3n) is 5.06. The number of anilines is 1. The molecule has 0 aliphatic rings. The smallest absolute Gasteiger partial charge is 0.256 e.